The van der Waals surface area contributed by atoms with E-state index >= 15 is 0 Å². The molecule has 70 valence electrons. The molecule has 1 nitrogen and oxygen atoms in total. The molecule has 0 bridgehead atoms. The van der Waals surface area contributed by atoms with Crippen molar-refractivity contribution in [3.05, 3.63) is 30.1 Å². The summed E-state index contributed by atoms with van der Waals surface area (Å²) in [7, 11) is 0. The Balaban J connectivity index is 1.98. The van der Waals surface area contributed by atoms with Gasteiger partial charge in [0.25, 0.3) is 0 Å². The van der Waals surface area contributed by atoms with Crippen molar-refractivity contribution in [2.45, 2.75) is 25.9 Å². The van der Waals surface area contributed by atoms with Crippen molar-refractivity contribution in [1.82, 2.24) is 0 Å². The van der Waals surface area contributed by atoms with Crippen molar-refractivity contribution in [3.63, 3.8) is 0 Å². The zero-order chi connectivity index (χ0) is 9.26. The summed E-state index contributed by atoms with van der Waals surface area (Å²) < 4.78 is 18.6. The Morgan fingerprint density at radius 3 is 2.62 bits per heavy atom. The van der Waals surface area contributed by atoms with E-state index in [-0.39, 0.29) is 11.9 Å². The quantitative estimate of drug-likeness (QED) is 0.679. The summed E-state index contributed by atoms with van der Waals surface area (Å²) in [6, 6.07) is 6.57. The van der Waals surface area contributed by atoms with Crippen molar-refractivity contribution >= 4 is 0 Å². The van der Waals surface area contributed by atoms with Gasteiger partial charge in [-0.1, -0.05) is 19.1 Å². The van der Waals surface area contributed by atoms with Gasteiger partial charge in [-0.25, -0.2) is 4.39 Å². The fourth-order valence-electron chi connectivity index (χ4n) is 1.64. The Hall–Kier alpha value is -1.05. The maximum atomic E-state index is 13.1. The van der Waals surface area contributed by atoms with Gasteiger partial charge in [0.2, 0.25) is 0 Å². The molecular formula is C11H13FO. The van der Waals surface area contributed by atoms with Crippen LogP contribution >= 0.6 is 0 Å². The molecule has 1 aliphatic rings. The molecule has 0 saturated heterocycles. The van der Waals surface area contributed by atoms with E-state index in [0.717, 1.165) is 18.8 Å². The number of hydrogen-bond donors (Lipinski definition) is 0. The molecule has 1 fully saturated rings. The lowest BCUT2D eigenvalue weighted by atomic mass is 9.84. The van der Waals surface area contributed by atoms with E-state index in [4.69, 9.17) is 4.74 Å². The average molecular weight is 180 g/mol. The SMILES string of the molecule is CC1CC(Oc2ccccc2F)C1. The van der Waals surface area contributed by atoms with Crippen molar-refractivity contribution in [3.8, 4) is 5.75 Å². The molecule has 0 N–H and O–H groups in total. The highest BCUT2D eigenvalue weighted by molar-refractivity contribution is 5.24. The topological polar surface area (TPSA) is 9.23 Å². The highest BCUT2D eigenvalue weighted by Crippen LogP contribution is 2.31. The predicted molar refractivity (Wildman–Crippen MR) is 49.2 cm³/mol. The molecule has 0 spiro atoms. The summed E-state index contributed by atoms with van der Waals surface area (Å²) in [5.41, 5.74) is 0. The number of hydrogen-bond acceptors (Lipinski definition) is 1. The van der Waals surface area contributed by atoms with Crippen LogP contribution in [0.1, 0.15) is 19.8 Å². The Labute approximate surface area is 77.5 Å². The maximum absolute atomic E-state index is 13.1. The lowest BCUT2D eigenvalue weighted by Crippen LogP contribution is -2.32. The molecule has 1 saturated carbocycles. The zero-order valence-corrected chi connectivity index (χ0v) is 7.66. The third-order valence-corrected chi connectivity index (χ3v) is 2.46. The van der Waals surface area contributed by atoms with Crippen LogP contribution in [0.2, 0.25) is 0 Å². The molecular weight excluding hydrogens is 167 g/mol. The molecule has 2 rings (SSSR count). The minimum atomic E-state index is -0.262. The average Bonchev–Trinajstić information content (AvgIpc) is 2.06. The van der Waals surface area contributed by atoms with Crippen LogP contribution in [0.3, 0.4) is 0 Å². The monoisotopic (exact) mass is 180 g/mol. The van der Waals surface area contributed by atoms with E-state index in [0.29, 0.717) is 5.75 Å². The van der Waals surface area contributed by atoms with Crippen LogP contribution in [0, 0.1) is 11.7 Å². The molecule has 2 heteroatoms. The summed E-state index contributed by atoms with van der Waals surface area (Å²) in [5, 5.41) is 0. The van der Waals surface area contributed by atoms with E-state index in [1.165, 1.54) is 6.07 Å². The van der Waals surface area contributed by atoms with Crippen molar-refractivity contribution in [2.24, 2.45) is 5.92 Å². The first-order valence-electron chi connectivity index (χ1n) is 4.67. The van der Waals surface area contributed by atoms with Crippen LogP contribution < -0.4 is 4.74 Å². The molecule has 0 radical (unpaired) electrons. The van der Waals surface area contributed by atoms with Crippen LogP contribution in [-0.2, 0) is 0 Å². The third kappa shape index (κ3) is 1.82. The summed E-state index contributed by atoms with van der Waals surface area (Å²) in [6.45, 7) is 2.18. The van der Waals surface area contributed by atoms with Crippen LogP contribution in [0.5, 0.6) is 5.75 Å². The van der Waals surface area contributed by atoms with Gasteiger partial charge in [0.1, 0.15) is 0 Å². The normalized spacial score (nSPS) is 26.6. The predicted octanol–water partition coefficient (Wildman–Crippen LogP) is 3.00. The van der Waals surface area contributed by atoms with Gasteiger partial charge in [-0.15, -0.1) is 0 Å². The van der Waals surface area contributed by atoms with Gasteiger partial charge in [-0.05, 0) is 30.9 Å². The molecule has 1 aromatic carbocycles. The molecule has 0 heterocycles. The smallest absolute Gasteiger partial charge is 0.165 e. The van der Waals surface area contributed by atoms with Gasteiger partial charge in [-0.2, -0.15) is 0 Å². The summed E-state index contributed by atoms with van der Waals surface area (Å²) in [4.78, 5) is 0. The van der Waals surface area contributed by atoms with Gasteiger partial charge >= 0.3 is 0 Å². The highest BCUT2D eigenvalue weighted by Gasteiger charge is 2.27. The van der Waals surface area contributed by atoms with Gasteiger partial charge in [0.15, 0.2) is 11.6 Å². The van der Waals surface area contributed by atoms with E-state index in [2.05, 4.69) is 6.92 Å². The van der Waals surface area contributed by atoms with Gasteiger partial charge in [0.05, 0.1) is 6.10 Å². The first-order valence-corrected chi connectivity index (χ1v) is 4.67. The molecule has 1 aliphatic carbocycles. The van der Waals surface area contributed by atoms with Crippen molar-refractivity contribution in [2.75, 3.05) is 0 Å². The Morgan fingerprint density at radius 2 is 2.00 bits per heavy atom. The third-order valence-electron chi connectivity index (χ3n) is 2.46. The second-order valence-corrected chi connectivity index (χ2v) is 3.75. The summed E-state index contributed by atoms with van der Waals surface area (Å²) in [5.74, 6) is 0.859. The first-order chi connectivity index (χ1) is 6.25. The lowest BCUT2D eigenvalue weighted by Gasteiger charge is -2.32. The second-order valence-electron chi connectivity index (χ2n) is 3.75. The number of para-hydroxylation sites is 1. The molecule has 0 atom stereocenters. The fourth-order valence-corrected chi connectivity index (χ4v) is 1.64. The Morgan fingerprint density at radius 1 is 1.31 bits per heavy atom. The van der Waals surface area contributed by atoms with Gasteiger partial charge < -0.3 is 4.74 Å². The summed E-state index contributed by atoms with van der Waals surface area (Å²) in [6.07, 6.45) is 2.33. The van der Waals surface area contributed by atoms with E-state index in [1.807, 2.05) is 0 Å². The largest absolute Gasteiger partial charge is 0.487 e. The zero-order valence-electron chi connectivity index (χ0n) is 7.66. The standard InChI is InChI=1S/C11H13FO/c1-8-6-9(7-8)13-11-5-3-2-4-10(11)12/h2-5,8-9H,6-7H2,1H3. The number of benzene rings is 1. The molecule has 13 heavy (non-hydrogen) atoms. The minimum absolute atomic E-state index is 0.229. The Bertz CT molecular complexity index is 292. The highest BCUT2D eigenvalue weighted by atomic mass is 19.1. The molecule has 0 aromatic heterocycles. The van der Waals surface area contributed by atoms with Gasteiger partial charge in [-0.3, -0.25) is 0 Å². The van der Waals surface area contributed by atoms with Crippen LogP contribution in [0.4, 0.5) is 4.39 Å². The van der Waals surface area contributed by atoms with Crippen LogP contribution in [-0.4, -0.2) is 6.10 Å². The molecule has 0 aliphatic heterocycles. The fraction of sp³-hybridized carbons (Fsp3) is 0.455. The second kappa shape index (κ2) is 3.36. The van der Waals surface area contributed by atoms with Gasteiger partial charge in [0, 0.05) is 0 Å². The Kier molecular flexibility index (Phi) is 2.21. The molecule has 1 aromatic rings. The summed E-state index contributed by atoms with van der Waals surface area (Å²) >= 11 is 0. The van der Waals surface area contributed by atoms with E-state index in [9.17, 15) is 4.39 Å². The molecule has 0 unspecified atom stereocenters. The molecule has 0 amide bonds. The van der Waals surface area contributed by atoms with Crippen LogP contribution in [0.15, 0.2) is 24.3 Å². The van der Waals surface area contributed by atoms with Crippen molar-refractivity contribution in [1.29, 1.82) is 0 Å². The van der Waals surface area contributed by atoms with Crippen molar-refractivity contribution < 1.29 is 9.13 Å². The first kappa shape index (κ1) is 8.54. The van der Waals surface area contributed by atoms with Crippen LogP contribution in [0.25, 0.3) is 0 Å². The van der Waals surface area contributed by atoms with E-state index in [1.54, 1.807) is 18.2 Å². The number of halogens is 1. The minimum Gasteiger partial charge on any atom is -0.487 e. The maximum Gasteiger partial charge on any atom is 0.165 e. The lowest BCUT2D eigenvalue weighted by molar-refractivity contribution is 0.0700. The van der Waals surface area contributed by atoms with E-state index < -0.39 is 0 Å². The number of rotatable bonds is 2. The number of ether oxygens (including phenoxy) is 1.